The lowest BCUT2D eigenvalue weighted by molar-refractivity contribution is 0.305. The molecule has 1 aliphatic carbocycles. The fraction of sp³-hybridized carbons (Fsp3) is 0.750. The smallest absolute Gasteiger partial charge is 0.223 e. The normalized spacial score (nSPS) is 15.5. The van der Waals surface area contributed by atoms with Crippen LogP contribution in [0.5, 0.6) is 0 Å². The fourth-order valence-electron chi connectivity index (χ4n) is 1.89. The average molecular weight is 235 g/mol. The topological polar surface area (TPSA) is 67.9 Å². The molecule has 94 valence electrons. The van der Waals surface area contributed by atoms with Gasteiger partial charge in [0.2, 0.25) is 5.95 Å². The van der Waals surface area contributed by atoms with Gasteiger partial charge >= 0.3 is 0 Å². The van der Waals surface area contributed by atoms with Gasteiger partial charge in [-0.15, -0.1) is 0 Å². The Bertz CT molecular complexity index is 371. The Kier molecular flexibility index (Phi) is 3.89. The van der Waals surface area contributed by atoms with Crippen LogP contribution in [0.2, 0.25) is 0 Å². The summed E-state index contributed by atoms with van der Waals surface area (Å²) in [7, 11) is 0. The van der Waals surface area contributed by atoms with Gasteiger partial charge in [-0.1, -0.05) is 13.8 Å². The second-order valence-electron chi connectivity index (χ2n) is 4.52. The van der Waals surface area contributed by atoms with E-state index >= 15 is 0 Å². The monoisotopic (exact) mass is 235 g/mol. The Morgan fingerprint density at radius 2 is 1.88 bits per heavy atom. The largest absolute Gasteiger partial charge is 0.368 e. The highest BCUT2D eigenvalue weighted by Crippen LogP contribution is 2.37. The van der Waals surface area contributed by atoms with Crippen LogP contribution >= 0.6 is 0 Å². The molecule has 1 heterocycles. The molecule has 17 heavy (non-hydrogen) atoms. The van der Waals surface area contributed by atoms with E-state index in [1.165, 1.54) is 12.8 Å². The standard InChI is InChI=1S/C12H21N5/c1-3-17(4-2)8-7-10-14-11(9-5-6-9)16-12(13)15-10/h9H,3-8H2,1-2H3,(H2,13,14,15,16). The maximum atomic E-state index is 5.72. The highest BCUT2D eigenvalue weighted by molar-refractivity contribution is 5.19. The van der Waals surface area contributed by atoms with E-state index in [4.69, 9.17) is 5.73 Å². The number of nitrogens with two attached hydrogens (primary N) is 1. The van der Waals surface area contributed by atoms with E-state index in [0.29, 0.717) is 11.9 Å². The van der Waals surface area contributed by atoms with E-state index in [1.54, 1.807) is 0 Å². The van der Waals surface area contributed by atoms with Crippen molar-refractivity contribution < 1.29 is 0 Å². The Morgan fingerprint density at radius 1 is 1.18 bits per heavy atom. The maximum Gasteiger partial charge on any atom is 0.223 e. The first-order chi connectivity index (χ1) is 8.22. The third-order valence-corrected chi connectivity index (χ3v) is 3.20. The molecule has 5 nitrogen and oxygen atoms in total. The lowest BCUT2D eigenvalue weighted by atomic mass is 10.3. The summed E-state index contributed by atoms with van der Waals surface area (Å²) in [6, 6.07) is 0. The zero-order valence-corrected chi connectivity index (χ0v) is 10.7. The summed E-state index contributed by atoms with van der Waals surface area (Å²) in [4.78, 5) is 15.3. The van der Waals surface area contributed by atoms with Gasteiger partial charge in [0.1, 0.15) is 11.6 Å². The quantitative estimate of drug-likeness (QED) is 0.803. The Morgan fingerprint density at radius 3 is 2.47 bits per heavy atom. The minimum Gasteiger partial charge on any atom is -0.368 e. The molecule has 0 saturated heterocycles. The van der Waals surface area contributed by atoms with Crippen LogP contribution in [0.3, 0.4) is 0 Å². The van der Waals surface area contributed by atoms with E-state index in [1.807, 2.05) is 0 Å². The molecule has 0 amide bonds. The Balaban J connectivity index is 1.99. The summed E-state index contributed by atoms with van der Waals surface area (Å²) >= 11 is 0. The summed E-state index contributed by atoms with van der Waals surface area (Å²) in [6.07, 6.45) is 3.24. The van der Waals surface area contributed by atoms with Crippen molar-refractivity contribution in [2.45, 2.75) is 39.0 Å². The van der Waals surface area contributed by atoms with Crippen molar-refractivity contribution in [2.24, 2.45) is 0 Å². The summed E-state index contributed by atoms with van der Waals surface area (Å²) in [5.74, 6) is 2.64. The van der Waals surface area contributed by atoms with Gasteiger partial charge in [-0.3, -0.25) is 0 Å². The molecule has 0 spiro atoms. The molecule has 1 aromatic rings. The number of nitrogen functional groups attached to an aromatic ring is 1. The highest BCUT2D eigenvalue weighted by Gasteiger charge is 2.27. The third kappa shape index (κ3) is 3.36. The van der Waals surface area contributed by atoms with Gasteiger partial charge in [-0.05, 0) is 25.9 Å². The van der Waals surface area contributed by atoms with Gasteiger partial charge in [0, 0.05) is 18.9 Å². The molecule has 1 saturated carbocycles. The molecule has 2 rings (SSSR count). The van der Waals surface area contributed by atoms with Crippen LogP contribution in [0, 0.1) is 0 Å². The summed E-state index contributed by atoms with van der Waals surface area (Å²) < 4.78 is 0. The van der Waals surface area contributed by atoms with E-state index in [9.17, 15) is 0 Å². The molecule has 5 heteroatoms. The molecule has 0 radical (unpaired) electrons. The summed E-state index contributed by atoms with van der Waals surface area (Å²) in [5, 5.41) is 0. The molecule has 0 aliphatic heterocycles. The second kappa shape index (κ2) is 5.40. The van der Waals surface area contributed by atoms with Crippen molar-refractivity contribution in [3.05, 3.63) is 11.6 Å². The van der Waals surface area contributed by atoms with Crippen molar-refractivity contribution >= 4 is 5.95 Å². The summed E-state index contributed by atoms with van der Waals surface area (Å²) in [5.41, 5.74) is 5.72. The van der Waals surface area contributed by atoms with Crippen LogP contribution in [0.1, 0.15) is 44.3 Å². The minimum absolute atomic E-state index is 0.372. The van der Waals surface area contributed by atoms with E-state index in [0.717, 1.165) is 37.7 Å². The first-order valence-electron chi connectivity index (χ1n) is 6.45. The zero-order valence-electron chi connectivity index (χ0n) is 10.7. The number of rotatable bonds is 6. The third-order valence-electron chi connectivity index (χ3n) is 3.20. The first-order valence-corrected chi connectivity index (χ1v) is 6.45. The number of hydrogen-bond donors (Lipinski definition) is 1. The van der Waals surface area contributed by atoms with Gasteiger partial charge < -0.3 is 10.6 Å². The number of aromatic nitrogens is 3. The fourth-order valence-corrected chi connectivity index (χ4v) is 1.89. The number of likely N-dealkylation sites (N-methyl/N-ethyl adjacent to an activating group) is 1. The molecular formula is C12H21N5. The van der Waals surface area contributed by atoms with Gasteiger partial charge in [0.15, 0.2) is 0 Å². The van der Waals surface area contributed by atoms with Crippen molar-refractivity contribution in [3.63, 3.8) is 0 Å². The molecule has 0 bridgehead atoms. The molecule has 1 aromatic heterocycles. The molecular weight excluding hydrogens is 214 g/mol. The zero-order chi connectivity index (χ0) is 12.3. The predicted octanol–water partition coefficient (Wildman–Crippen LogP) is 1.22. The molecule has 0 aromatic carbocycles. The van der Waals surface area contributed by atoms with E-state index in [-0.39, 0.29) is 0 Å². The van der Waals surface area contributed by atoms with Crippen LogP contribution in [-0.4, -0.2) is 39.5 Å². The first kappa shape index (κ1) is 12.2. The minimum atomic E-state index is 0.372. The lowest BCUT2D eigenvalue weighted by Crippen LogP contribution is -2.26. The molecule has 1 aliphatic rings. The van der Waals surface area contributed by atoms with Crippen LogP contribution in [0.4, 0.5) is 5.95 Å². The van der Waals surface area contributed by atoms with Crippen molar-refractivity contribution in [1.82, 2.24) is 19.9 Å². The molecule has 0 atom stereocenters. The van der Waals surface area contributed by atoms with Crippen LogP contribution in [0.25, 0.3) is 0 Å². The van der Waals surface area contributed by atoms with Crippen LogP contribution in [0.15, 0.2) is 0 Å². The summed E-state index contributed by atoms with van der Waals surface area (Å²) in [6.45, 7) is 7.45. The van der Waals surface area contributed by atoms with Gasteiger partial charge in [-0.25, -0.2) is 4.98 Å². The SMILES string of the molecule is CCN(CC)CCc1nc(N)nc(C2CC2)n1. The van der Waals surface area contributed by atoms with Crippen molar-refractivity contribution in [3.8, 4) is 0 Å². The van der Waals surface area contributed by atoms with Crippen molar-refractivity contribution in [2.75, 3.05) is 25.4 Å². The van der Waals surface area contributed by atoms with Gasteiger partial charge in [0.25, 0.3) is 0 Å². The van der Waals surface area contributed by atoms with Crippen LogP contribution < -0.4 is 5.73 Å². The van der Waals surface area contributed by atoms with E-state index in [2.05, 4.69) is 33.7 Å². The lowest BCUT2D eigenvalue weighted by Gasteiger charge is -2.17. The predicted molar refractivity (Wildman–Crippen MR) is 67.7 cm³/mol. The van der Waals surface area contributed by atoms with Gasteiger partial charge in [0.05, 0.1) is 0 Å². The number of nitrogens with zero attached hydrogens (tertiary/aromatic N) is 4. The maximum absolute atomic E-state index is 5.72. The number of hydrogen-bond acceptors (Lipinski definition) is 5. The Hall–Kier alpha value is -1.23. The molecule has 0 unspecified atom stereocenters. The Labute approximate surface area is 102 Å². The molecule has 2 N–H and O–H groups in total. The average Bonchev–Trinajstić information content (AvgIpc) is 3.13. The molecule has 1 fully saturated rings. The number of anilines is 1. The van der Waals surface area contributed by atoms with Crippen LogP contribution in [-0.2, 0) is 6.42 Å². The van der Waals surface area contributed by atoms with Gasteiger partial charge in [-0.2, -0.15) is 9.97 Å². The highest BCUT2D eigenvalue weighted by atomic mass is 15.1. The second-order valence-corrected chi connectivity index (χ2v) is 4.52. The van der Waals surface area contributed by atoms with Crippen molar-refractivity contribution in [1.29, 1.82) is 0 Å². The van der Waals surface area contributed by atoms with E-state index < -0.39 is 0 Å².